The van der Waals surface area contributed by atoms with Crippen molar-refractivity contribution in [2.75, 3.05) is 10.8 Å². The first kappa shape index (κ1) is 24.2. The van der Waals surface area contributed by atoms with E-state index in [9.17, 15) is 13.2 Å². The topological polar surface area (TPSA) is 78.8 Å². The molecule has 0 saturated heterocycles. The number of aryl methyl sites for hydroxylation is 2. The number of para-hydroxylation sites is 1. The Morgan fingerprint density at radius 2 is 1.61 bits per heavy atom. The van der Waals surface area contributed by atoms with Crippen LogP contribution in [-0.4, -0.2) is 27.1 Å². The molecule has 1 N–H and O–H groups in total. The lowest BCUT2D eigenvalue weighted by atomic mass is 10.0. The first-order chi connectivity index (χ1) is 15.7. The molecule has 0 radical (unpaired) electrons. The van der Waals surface area contributed by atoms with Crippen molar-refractivity contribution >= 4 is 27.8 Å². The second kappa shape index (κ2) is 10.4. The Labute approximate surface area is 196 Å². The van der Waals surface area contributed by atoms with Gasteiger partial charge in [0.1, 0.15) is 6.54 Å². The van der Waals surface area contributed by atoms with Crippen LogP contribution in [0.2, 0.25) is 0 Å². The number of carbonyl (C=O) groups is 1. The summed E-state index contributed by atoms with van der Waals surface area (Å²) in [6, 6.07) is 21.5. The molecule has 3 aromatic carbocycles. The number of hydrogen-bond acceptors (Lipinski definition) is 4. The van der Waals surface area contributed by atoms with Crippen LogP contribution in [0.1, 0.15) is 42.0 Å². The van der Waals surface area contributed by atoms with E-state index in [-0.39, 0.29) is 4.90 Å². The number of amides is 1. The highest BCUT2D eigenvalue weighted by Crippen LogP contribution is 2.26. The van der Waals surface area contributed by atoms with E-state index in [1.165, 1.54) is 11.8 Å². The second-order valence-electron chi connectivity index (χ2n) is 8.23. The second-order valence-corrected chi connectivity index (χ2v) is 10.1. The molecule has 0 atom stereocenters. The van der Waals surface area contributed by atoms with Crippen molar-refractivity contribution in [1.82, 2.24) is 5.43 Å². The Morgan fingerprint density at radius 3 is 2.21 bits per heavy atom. The minimum Gasteiger partial charge on any atom is -0.271 e. The van der Waals surface area contributed by atoms with Gasteiger partial charge in [0, 0.05) is 0 Å². The Hall–Kier alpha value is -3.45. The SMILES string of the molecule is Cc1ccc(S(=O)(=O)N(CC(=O)N/N=C/c2ccc(C(C)C)cc2)c2ccccc2C)cc1. The molecule has 6 nitrogen and oxygen atoms in total. The largest absolute Gasteiger partial charge is 0.271 e. The van der Waals surface area contributed by atoms with Crippen molar-refractivity contribution in [2.45, 2.75) is 38.5 Å². The predicted molar refractivity (Wildman–Crippen MR) is 133 cm³/mol. The molecule has 3 rings (SSSR count). The maximum atomic E-state index is 13.4. The van der Waals surface area contributed by atoms with Crippen LogP contribution in [-0.2, 0) is 14.8 Å². The smallest absolute Gasteiger partial charge is 0.264 e. The molecule has 3 aromatic rings. The van der Waals surface area contributed by atoms with Gasteiger partial charge in [-0.3, -0.25) is 9.10 Å². The standard InChI is InChI=1S/C26H29N3O3S/c1-19(2)23-13-11-22(12-14-23)17-27-28-26(30)18-29(25-8-6-5-7-21(25)4)33(31,32)24-15-9-20(3)10-16-24/h5-17,19H,18H2,1-4H3,(H,28,30)/b27-17+. The Morgan fingerprint density at radius 1 is 0.970 bits per heavy atom. The minimum atomic E-state index is -3.96. The molecule has 0 aliphatic carbocycles. The van der Waals surface area contributed by atoms with Crippen molar-refractivity contribution < 1.29 is 13.2 Å². The summed E-state index contributed by atoms with van der Waals surface area (Å²) < 4.78 is 28.0. The first-order valence-electron chi connectivity index (χ1n) is 10.8. The number of sulfonamides is 1. The van der Waals surface area contributed by atoms with Crippen LogP contribution in [0.3, 0.4) is 0 Å². The van der Waals surface area contributed by atoms with E-state index in [4.69, 9.17) is 0 Å². The van der Waals surface area contributed by atoms with Gasteiger partial charge in [0.25, 0.3) is 15.9 Å². The highest BCUT2D eigenvalue weighted by atomic mass is 32.2. The van der Waals surface area contributed by atoms with Crippen LogP contribution < -0.4 is 9.73 Å². The number of benzene rings is 3. The lowest BCUT2D eigenvalue weighted by Gasteiger charge is -2.25. The van der Waals surface area contributed by atoms with E-state index in [0.717, 1.165) is 21.0 Å². The van der Waals surface area contributed by atoms with Gasteiger partial charge in [-0.1, -0.05) is 74.0 Å². The average molecular weight is 464 g/mol. The van der Waals surface area contributed by atoms with Gasteiger partial charge >= 0.3 is 0 Å². The Kier molecular flexibility index (Phi) is 7.66. The van der Waals surface area contributed by atoms with Gasteiger partial charge < -0.3 is 0 Å². The normalized spacial score (nSPS) is 11.7. The summed E-state index contributed by atoms with van der Waals surface area (Å²) in [6.07, 6.45) is 1.54. The van der Waals surface area contributed by atoms with Gasteiger partial charge in [-0.2, -0.15) is 5.10 Å². The van der Waals surface area contributed by atoms with Crippen LogP contribution in [0.5, 0.6) is 0 Å². The Balaban J connectivity index is 1.81. The number of carbonyl (C=O) groups excluding carboxylic acids is 1. The third-order valence-corrected chi connectivity index (χ3v) is 7.06. The third kappa shape index (κ3) is 6.08. The van der Waals surface area contributed by atoms with Gasteiger partial charge in [-0.15, -0.1) is 0 Å². The van der Waals surface area contributed by atoms with Crippen LogP contribution in [0.4, 0.5) is 5.69 Å². The van der Waals surface area contributed by atoms with Crippen LogP contribution >= 0.6 is 0 Å². The van der Waals surface area contributed by atoms with Crippen LogP contribution in [0.15, 0.2) is 82.8 Å². The van der Waals surface area contributed by atoms with E-state index in [1.807, 2.05) is 50.2 Å². The van der Waals surface area contributed by atoms with E-state index >= 15 is 0 Å². The van der Waals surface area contributed by atoms with Crippen molar-refractivity contribution in [3.8, 4) is 0 Å². The summed E-state index contributed by atoms with van der Waals surface area (Å²) in [5.41, 5.74) is 6.64. The van der Waals surface area contributed by atoms with E-state index in [0.29, 0.717) is 11.6 Å². The fourth-order valence-electron chi connectivity index (χ4n) is 3.29. The van der Waals surface area contributed by atoms with Crippen molar-refractivity contribution in [3.63, 3.8) is 0 Å². The molecule has 0 heterocycles. The van der Waals surface area contributed by atoms with E-state index in [2.05, 4.69) is 24.4 Å². The molecule has 0 aliphatic rings. The molecule has 0 aliphatic heterocycles. The average Bonchev–Trinajstić information content (AvgIpc) is 2.78. The minimum absolute atomic E-state index is 0.123. The summed E-state index contributed by atoms with van der Waals surface area (Å²) in [7, 11) is -3.96. The number of hydrazone groups is 1. The van der Waals surface area contributed by atoms with Crippen molar-refractivity contribution in [3.05, 3.63) is 95.1 Å². The molecule has 0 aromatic heterocycles. The predicted octanol–water partition coefficient (Wildman–Crippen LogP) is 4.77. The fourth-order valence-corrected chi connectivity index (χ4v) is 4.78. The fraction of sp³-hybridized carbons (Fsp3) is 0.231. The van der Waals surface area contributed by atoms with E-state index < -0.39 is 22.5 Å². The summed E-state index contributed by atoms with van der Waals surface area (Å²) in [5.74, 6) is -0.109. The molecule has 172 valence electrons. The zero-order chi connectivity index (χ0) is 24.0. The number of rotatable bonds is 8. The summed E-state index contributed by atoms with van der Waals surface area (Å²) in [4.78, 5) is 12.8. The van der Waals surface area contributed by atoms with Crippen molar-refractivity contribution in [1.29, 1.82) is 0 Å². The Bertz CT molecular complexity index is 1230. The maximum absolute atomic E-state index is 13.4. The molecule has 7 heteroatoms. The highest BCUT2D eigenvalue weighted by molar-refractivity contribution is 7.92. The molecule has 0 spiro atoms. The zero-order valence-electron chi connectivity index (χ0n) is 19.3. The molecule has 33 heavy (non-hydrogen) atoms. The van der Waals surface area contributed by atoms with Gasteiger partial charge in [-0.05, 0) is 54.7 Å². The summed E-state index contributed by atoms with van der Waals surface area (Å²) >= 11 is 0. The molecule has 0 fully saturated rings. The maximum Gasteiger partial charge on any atom is 0.264 e. The lowest BCUT2D eigenvalue weighted by Crippen LogP contribution is -2.40. The number of nitrogens with one attached hydrogen (secondary N) is 1. The summed E-state index contributed by atoms with van der Waals surface area (Å²) in [6.45, 7) is 7.54. The molecular formula is C26H29N3O3S. The molecular weight excluding hydrogens is 434 g/mol. The highest BCUT2D eigenvalue weighted by Gasteiger charge is 2.28. The van der Waals surface area contributed by atoms with Gasteiger partial charge in [-0.25, -0.2) is 13.8 Å². The van der Waals surface area contributed by atoms with Crippen LogP contribution in [0.25, 0.3) is 0 Å². The molecule has 1 amide bonds. The van der Waals surface area contributed by atoms with Crippen LogP contribution in [0, 0.1) is 13.8 Å². The zero-order valence-corrected chi connectivity index (χ0v) is 20.1. The number of hydrogen-bond donors (Lipinski definition) is 1. The monoisotopic (exact) mass is 463 g/mol. The number of anilines is 1. The molecule has 0 bridgehead atoms. The molecule has 0 saturated carbocycles. The summed E-state index contributed by atoms with van der Waals surface area (Å²) in [5, 5.41) is 4.01. The third-order valence-electron chi connectivity index (χ3n) is 5.29. The van der Waals surface area contributed by atoms with Gasteiger partial charge in [0.2, 0.25) is 0 Å². The molecule has 0 unspecified atom stereocenters. The van der Waals surface area contributed by atoms with Gasteiger partial charge in [0.05, 0.1) is 16.8 Å². The van der Waals surface area contributed by atoms with Crippen molar-refractivity contribution in [2.24, 2.45) is 5.10 Å². The number of nitrogens with zero attached hydrogens (tertiary/aromatic N) is 2. The van der Waals surface area contributed by atoms with Gasteiger partial charge in [0.15, 0.2) is 0 Å². The first-order valence-corrected chi connectivity index (χ1v) is 12.2. The quantitative estimate of drug-likeness (QED) is 0.386. The van der Waals surface area contributed by atoms with E-state index in [1.54, 1.807) is 36.4 Å². The lowest BCUT2D eigenvalue weighted by molar-refractivity contribution is -0.119.